The average molecular weight is 477 g/mol. The monoisotopic (exact) mass is 476 g/mol. The van der Waals surface area contributed by atoms with Gasteiger partial charge in [0.25, 0.3) is 5.91 Å². The molecule has 1 fully saturated rings. The van der Waals surface area contributed by atoms with Crippen molar-refractivity contribution < 1.29 is 22.3 Å². The number of piperidine rings is 1. The summed E-state index contributed by atoms with van der Waals surface area (Å²) in [5.41, 5.74) is 1.48. The topological polar surface area (TPSA) is 75.7 Å². The van der Waals surface area contributed by atoms with Gasteiger partial charge in [-0.15, -0.1) is 11.3 Å². The van der Waals surface area contributed by atoms with E-state index in [0.29, 0.717) is 44.9 Å². The second kappa shape index (κ2) is 9.27. The van der Waals surface area contributed by atoms with Crippen LogP contribution < -0.4 is 5.32 Å². The number of carbonyl (C=O) groups is 1. The molecule has 1 aliphatic rings. The van der Waals surface area contributed by atoms with Crippen LogP contribution in [0.2, 0.25) is 0 Å². The highest BCUT2D eigenvalue weighted by Gasteiger charge is 2.28. The minimum Gasteiger partial charge on any atom is -0.380 e. The van der Waals surface area contributed by atoms with Crippen molar-refractivity contribution in [1.82, 2.24) is 4.31 Å². The molecule has 0 unspecified atom stereocenters. The Labute approximate surface area is 191 Å². The number of sulfonamides is 1. The molecule has 0 atom stereocenters. The molecule has 0 saturated carbocycles. The summed E-state index contributed by atoms with van der Waals surface area (Å²) in [6, 6.07) is 9.58. The largest absolute Gasteiger partial charge is 0.380 e. The summed E-state index contributed by atoms with van der Waals surface area (Å²) in [4.78, 5) is 13.6. The van der Waals surface area contributed by atoms with Crippen molar-refractivity contribution in [3.8, 4) is 0 Å². The Morgan fingerprint density at radius 1 is 1.19 bits per heavy atom. The van der Waals surface area contributed by atoms with E-state index in [1.54, 1.807) is 31.2 Å². The molecule has 0 spiro atoms. The number of ether oxygens (including phenoxy) is 1. The lowest BCUT2D eigenvalue weighted by Gasteiger charge is -2.26. The van der Waals surface area contributed by atoms with Crippen LogP contribution in [0.4, 0.5) is 10.1 Å². The van der Waals surface area contributed by atoms with Gasteiger partial charge in [0.15, 0.2) is 0 Å². The first kappa shape index (κ1) is 22.8. The predicted molar refractivity (Wildman–Crippen MR) is 124 cm³/mol. The van der Waals surface area contributed by atoms with Crippen molar-refractivity contribution in [1.29, 1.82) is 0 Å². The molecular weight excluding hydrogens is 451 g/mol. The Bertz CT molecular complexity index is 1260. The molecule has 2 aromatic carbocycles. The molecule has 0 bridgehead atoms. The highest BCUT2D eigenvalue weighted by molar-refractivity contribution is 7.89. The minimum atomic E-state index is -3.64. The molecule has 1 aliphatic heterocycles. The van der Waals surface area contributed by atoms with E-state index in [1.165, 1.54) is 34.9 Å². The van der Waals surface area contributed by atoms with Crippen molar-refractivity contribution in [3.05, 3.63) is 58.2 Å². The van der Waals surface area contributed by atoms with Gasteiger partial charge in [-0.1, -0.05) is 18.6 Å². The first-order valence-corrected chi connectivity index (χ1v) is 12.7. The van der Waals surface area contributed by atoms with Crippen LogP contribution in [0.15, 0.2) is 41.3 Å². The molecule has 1 N–H and O–H groups in total. The number of benzene rings is 2. The van der Waals surface area contributed by atoms with Crippen molar-refractivity contribution >= 4 is 43.0 Å². The standard InChI is InChI=1S/C23H25FN2O4S2/c1-15-9-10-16(13-20(15)32(28,29)26-11-4-3-5-12-26)25-23(27)22-17(14-30-2)21-18(24)7-6-8-19(21)31-22/h6-10,13H,3-5,11-12,14H2,1-2H3,(H,25,27). The fourth-order valence-corrected chi connectivity index (χ4v) is 6.91. The minimum absolute atomic E-state index is 0.0895. The van der Waals surface area contributed by atoms with E-state index < -0.39 is 21.7 Å². The van der Waals surface area contributed by atoms with Crippen LogP contribution in [0.5, 0.6) is 0 Å². The van der Waals surface area contributed by atoms with Gasteiger partial charge >= 0.3 is 0 Å². The summed E-state index contributed by atoms with van der Waals surface area (Å²) in [5.74, 6) is -0.835. The zero-order chi connectivity index (χ0) is 22.9. The molecule has 1 amide bonds. The highest BCUT2D eigenvalue weighted by Crippen LogP contribution is 2.34. The number of nitrogens with one attached hydrogen (secondary N) is 1. The molecular formula is C23H25FN2O4S2. The van der Waals surface area contributed by atoms with E-state index in [1.807, 2.05) is 0 Å². The van der Waals surface area contributed by atoms with E-state index in [-0.39, 0.29) is 11.5 Å². The smallest absolute Gasteiger partial charge is 0.266 e. The zero-order valence-electron chi connectivity index (χ0n) is 18.0. The van der Waals surface area contributed by atoms with Gasteiger partial charge < -0.3 is 10.1 Å². The molecule has 170 valence electrons. The molecule has 6 nitrogen and oxygen atoms in total. The summed E-state index contributed by atoms with van der Waals surface area (Å²) in [6.45, 7) is 2.85. The number of hydrogen-bond donors (Lipinski definition) is 1. The molecule has 0 aliphatic carbocycles. The van der Waals surface area contributed by atoms with Crippen LogP contribution in [0.25, 0.3) is 10.1 Å². The van der Waals surface area contributed by atoms with Gasteiger partial charge in [0.2, 0.25) is 10.0 Å². The predicted octanol–water partition coefficient (Wildman–Crippen LogP) is 4.92. The van der Waals surface area contributed by atoms with Gasteiger partial charge in [-0.05, 0) is 49.6 Å². The Balaban J connectivity index is 1.67. The second-order valence-corrected chi connectivity index (χ2v) is 10.8. The number of aryl methyl sites for hydroxylation is 1. The van der Waals surface area contributed by atoms with Gasteiger partial charge in [-0.3, -0.25) is 4.79 Å². The number of nitrogens with zero attached hydrogens (tertiary/aromatic N) is 1. The normalized spacial score (nSPS) is 15.2. The number of rotatable bonds is 6. The summed E-state index contributed by atoms with van der Waals surface area (Å²) in [7, 11) is -2.15. The lowest BCUT2D eigenvalue weighted by molar-refractivity contribution is 0.102. The first-order valence-electron chi connectivity index (χ1n) is 10.4. The zero-order valence-corrected chi connectivity index (χ0v) is 19.6. The number of anilines is 1. The van der Waals surface area contributed by atoms with Crippen molar-refractivity contribution in [2.24, 2.45) is 0 Å². The molecule has 1 aromatic heterocycles. The second-order valence-electron chi connectivity index (χ2n) is 7.85. The Hall–Kier alpha value is -2.33. The van der Waals surface area contributed by atoms with E-state index in [9.17, 15) is 17.6 Å². The van der Waals surface area contributed by atoms with Gasteiger partial charge in [0.05, 0.1) is 16.4 Å². The summed E-state index contributed by atoms with van der Waals surface area (Å²) in [6.07, 6.45) is 2.72. The maximum atomic E-state index is 14.4. The maximum absolute atomic E-state index is 14.4. The Morgan fingerprint density at radius 2 is 1.94 bits per heavy atom. The third-order valence-electron chi connectivity index (χ3n) is 5.64. The molecule has 32 heavy (non-hydrogen) atoms. The SMILES string of the molecule is COCc1c(C(=O)Nc2ccc(C)c(S(=O)(=O)N3CCCCC3)c2)sc2cccc(F)c12. The van der Waals surface area contributed by atoms with E-state index in [2.05, 4.69) is 5.32 Å². The van der Waals surface area contributed by atoms with E-state index in [4.69, 9.17) is 4.74 Å². The lowest BCUT2D eigenvalue weighted by atomic mass is 10.1. The van der Waals surface area contributed by atoms with Crippen LogP contribution in [-0.2, 0) is 21.4 Å². The van der Waals surface area contributed by atoms with Crippen LogP contribution in [0.1, 0.15) is 40.1 Å². The number of amides is 1. The third kappa shape index (κ3) is 4.30. The molecule has 2 heterocycles. The lowest BCUT2D eigenvalue weighted by Crippen LogP contribution is -2.36. The first-order chi connectivity index (χ1) is 15.3. The average Bonchev–Trinajstić information content (AvgIpc) is 3.16. The maximum Gasteiger partial charge on any atom is 0.266 e. The third-order valence-corrected chi connectivity index (χ3v) is 8.87. The highest BCUT2D eigenvalue weighted by atomic mass is 32.2. The molecule has 1 saturated heterocycles. The fraction of sp³-hybridized carbons (Fsp3) is 0.348. The van der Waals surface area contributed by atoms with Crippen LogP contribution >= 0.6 is 11.3 Å². The number of fused-ring (bicyclic) bond motifs is 1. The summed E-state index contributed by atoms with van der Waals surface area (Å²) < 4.78 is 48.1. The quantitative estimate of drug-likeness (QED) is 0.548. The Kier molecular flexibility index (Phi) is 6.62. The van der Waals surface area contributed by atoms with Crippen molar-refractivity contribution in [2.75, 3.05) is 25.5 Å². The fourth-order valence-electron chi connectivity index (χ4n) is 4.02. The van der Waals surface area contributed by atoms with E-state index >= 15 is 0 Å². The summed E-state index contributed by atoms with van der Waals surface area (Å²) >= 11 is 1.18. The summed E-state index contributed by atoms with van der Waals surface area (Å²) in [5, 5.41) is 3.17. The van der Waals surface area contributed by atoms with Crippen LogP contribution in [-0.4, -0.2) is 38.8 Å². The van der Waals surface area contributed by atoms with Gasteiger partial charge in [0.1, 0.15) is 5.82 Å². The van der Waals surface area contributed by atoms with E-state index in [0.717, 1.165) is 19.3 Å². The number of methoxy groups -OCH3 is 1. The molecule has 3 aromatic rings. The number of thiophene rings is 1. The molecule has 4 rings (SSSR count). The number of halogens is 1. The van der Waals surface area contributed by atoms with Gasteiger partial charge in [-0.2, -0.15) is 4.31 Å². The molecule has 9 heteroatoms. The van der Waals surface area contributed by atoms with Gasteiger partial charge in [-0.25, -0.2) is 12.8 Å². The van der Waals surface area contributed by atoms with Gasteiger partial charge in [0, 0.05) is 41.5 Å². The number of carbonyl (C=O) groups excluding carboxylic acids is 1. The van der Waals surface area contributed by atoms with Crippen LogP contribution in [0.3, 0.4) is 0 Å². The number of hydrogen-bond acceptors (Lipinski definition) is 5. The molecule has 0 radical (unpaired) electrons. The Morgan fingerprint density at radius 3 is 2.66 bits per heavy atom. The van der Waals surface area contributed by atoms with Crippen molar-refractivity contribution in [3.63, 3.8) is 0 Å². The van der Waals surface area contributed by atoms with Crippen molar-refractivity contribution in [2.45, 2.75) is 37.7 Å². The van der Waals surface area contributed by atoms with Crippen LogP contribution in [0, 0.1) is 12.7 Å².